The monoisotopic (exact) mass is 318 g/mol. The summed E-state index contributed by atoms with van der Waals surface area (Å²) in [5, 5.41) is 11.8. The van der Waals surface area contributed by atoms with Gasteiger partial charge in [-0.2, -0.15) is 5.26 Å². The van der Waals surface area contributed by atoms with Crippen molar-refractivity contribution in [1.82, 2.24) is 14.9 Å². The number of rotatable bonds is 4. The normalized spacial score (nSPS) is 24.0. The predicted octanol–water partition coefficient (Wildman–Crippen LogP) is 0.739. The topological polar surface area (TPSA) is 108 Å². The van der Waals surface area contributed by atoms with Crippen LogP contribution in [0.15, 0.2) is 15.8 Å². The minimum Gasteiger partial charge on any atom is -0.353 e. The quantitative estimate of drug-likeness (QED) is 0.853. The highest BCUT2D eigenvalue weighted by Crippen LogP contribution is 2.28. The number of hydrogen-bond donors (Lipinski definition) is 2. The number of H-pyrrole nitrogens is 1. The molecule has 1 aliphatic carbocycles. The molecule has 0 radical (unpaired) electrons. The Morgan fingerprint density at radius 2 is 2.00 bits per heavy atom. The first-order valence-corrected chi connectivity index (χ1v) is 7.92. The third-order valence-electron chi connectivity index (χ3n) is 4.25. The fraction of sp³-hybridized carbons (Fsp3) is 0.625. The number of carbonyl (C=O) groups excluding carboxylic acids is 1. The van der Waals surface area contributed by atoms with Crippen molar-refractivity contribution in [1.29, 1.82) is 5.26 Å². The van der Waals surface area contributed by atoms with Gasteiger partial charge in [0.15, 0.2) is 0 Å². The van der Waals surface area contributed by atoms with E-state index >= 15 is 0 Å². The zero-order valence-electron chi connectivity index (χ0n) is 13.5. The van der Waals surface area contributed by atoms with Gasteiger partial charge in [0.1, 0.15) is 11.6 Å². The average molecular weight is 318 g/mol. The highest BCUT2D eigenvalue weighted by atomic mass is 16.2. The van der Waals surface area contributed by atoms with E-state index in [1.165, 1.54) is 17.2 Å². The molecule has 2 N–H and O–H groups in total. The Balaban J connectivity index is 1.93. The maximum atomic E-state index is 12.1. The molecule has 1 aromatic rings. The van der Waals surface area contributed by atoms with Crippen LogP contribution in [0.4, 0.5) is 0 Å². The molecule has 7 heteroatoms. The van der Waals surface area contributed by atoms with Crippen LogP contribution in [0.3, 0.4) is 0 Å². The van der Waals surface area contributed by atoms with E-state index in [-0.39, 0.29) is 30.5 Å². The first-order valence-electron chi connectivity index (χ1n) is 7.92. The Morgan fingerprint density at radius 1 is 1.35 bits per heavy atom. The number of hydrogen-bond acceptors (Lipinski definition) is 4. The molecule has 2 atom stereocenters. The summed E-state index contributed by atoms with van der Waals surface area (Å²) in [4.78, 5) is 37.1. The molecule has 23 heavy (non-hydrogen) atoms. The molecule has 1 aliphatic rings. The molecule has 0 aromatic carbocycles. The molecule has 124 valence electrons. The molecule has 7 nitrogen and oxygen atoms in total. The Labute approximate surface area is 134 Å². The van der Waals surface area contributed by atoms with Crippen molar-refractivity contribution in [2.24, 2.45) is 11.8 Å². The van der Waals surface area contributed by atoms with Crippen molar-refractivity contribution >= 4 is 5.91 Å². The summed E-state index contributed by atoms with van der Waals surface area (Å²) >= 11 is 0. The second kappa shape index (κ2) is 7.27. The van der Waals surface area contributed by atoms with Crippen molar-refractivity contribution < 1.29 is 4.79 Å². The van der Waals surface area contributed by atoms with Crippen LogP contribution in [-0.2, 0) is 11.3 Å². The maximum Gasteiger partial charge on any atom is 0.328 e. The van der Waals surface area contributed by atoms with E-state index in [4.69, 9.17) is 5.26 Å². The minimum atomic E-state index is -0.705. The third-order valence-corrected chi connectivity index (χ3v) is 4.25. The fourth-order valence-corrected chi connectivity index (χ4v) is 3.34. The van der Waals surface area contributed by atoms with Crippen molar-refractivity contribution in [2.45, 2.75) is 52.1 Å². The van der Waals surface area contributed by atoms with E-state index in [2.05, 4.69) is 24.1 Å². The number of nitrogens with one attached hydrogen (secondary N) is 2. The maximum absolute atomic E-state index is 12.1. The van der Waals surface area contributed by atoms with Gasteiger partial charge < -0.3 is 5.32 Å². The molecule has 0 saturated heterocycles. The van der Waals surface area contributed by atoms with E-state index in [1.54, 1.807) is 6.07 Å². The molecule has 0 bridgehead atoms. The van der Waals surface area contributed by atoms with Crippen LogP contribution in [0, 0.1) is 23.2 Å². The van der Waals surface area contributed by atoms with Gasteiger partial charge in [0.05, 0.1) is 0 Å². The highest BCUT2D eigenvalue weighted by Gasteiger charge is 2.24. The second-order valence-electron chi connectivity index (χ2n) is 6.54. The van der Waals surface area contributed by atoms with Gasteiger partial charge >= 0.3 is 5.69 Å². The largest absolute Gasteiger partial charge is 0.353 e. The fourth-order valence-electron chi connectivity index (χ4n) is 3.34. The van der Waals surface area contributed by atoms with Gasteiger partial charge in [0, 0.05) is 25.2 Å². The Morgan fingerprint density at radius 3 is 2.61 bits per heavy atom. The molecule has 1 heterocycles. The van der Waals surface area contributed by atoms with E-state index < -0.39 is 11.2 Å². The Bertz CT molecular complexity index is 718. The smallest absolute Gasteiger partial charge is 0.328 e. The zero-order valence-corrected chi connectivity index (χ0v) is 13.5. The first-order chi connectivity index (χ1) is 10.9. The third kappa shape index (κ3) is 4.55. The molecule has 0 spiro atoms. The summed E-state index contributed by atoms with van der Waals surface area (Å²) in [5.74, 6) is 1.08. The van der Waals surface area contributed by atoms with Crippen LogP contribution < -0.4 is 16.6 Å². The number of nitriles is 1. The number of aromatic amines is 1. The van der Waals surface area contributed by atoms with Gasteiger partial charge in [0.2, 0.25) is 5.91 Å². The second-order valence-corrected chi connectivity index (χ2v) is 6.54. The highest BCUT2D eigenvalue weighted by molar-refractivity contribution is 5.76. The van der Waals surface area contributed by atoms with Crippen LogP contribution in [-0.4, -0.2) is 21.5 Å². The number of aromatic nitrogens is 2. The molecule has 1 aromatic heterocycles. The summed E-state index contributed by atoms with van der Waals surface area (Å²) < 4.78 is 1.19. The van der Waals surface area contributed by atoms with Crippen LogP contribution in [0.5, 0.6) is 0 Å². The zero-order chi connectivity index (χ0) is 17.0. The number of aryl methyl sites for hydroxylation is 1. The number of amides is 1. The van der Waals surface area contributed by atoms with Gasteiger partial charge in [0.25, 0.3) is 5.56 Å². The summed E-state index contributed by atoms with van der Waals surface area (Å²) in [6.45, 7) is 4.52. The number of nitrogens with zero attached hydrogens (tertiary/aromatic N) is 2. The predicted molar refractivity (Wildman–Crippen MR) is 84.8 cm³/mol. The van der Waals surface area contributed by atoms with Gasteiger partial charge in [-0.25, -0.2) is 4.79 Å². The van der Waals surface area contributed by atoms with Gasteiger partial charge in [-0.05, 0) is 31.1 Å². The summed E-state index contributed by atoms with van der Waals surface area (Å²) in [7, 11) is 0. The standard InChI is InChI=1S/C16H22N4O3/c1-10-5-11(2)7-13(6-10)18-14(21)3-4-20-9-12(8-17)15(22)19-16(20)23/h9-11,13H,3-7H2,1-2H3,(H,18,21)(H,19,22,23). The van der Waals surface area contributed by atoms with E-state index in [1.807, 2.05) is 0 Å². The van der Waals surface area contributed by atoms with Crippen molar-refractivity contribution in [3.63, 3.8) is 0 Å². The van der Waals surface area contributed by atoms with E-state index in [0.717, 1.165) is 12.8 Å². The molecule has 2 rings (SSSR count). The SMILES string of the molecule is CC1CC(C)CC(NC(=O)CCn2cc(C#N)c(=O)[nH]c2=O)C1. The van der Waals surface area contributed by atoms with Gasteiger partial charge in [-0.1, -0.05) is 13.8 Å². The lowest BCUT2D eigenvalue weighted by Gasteiger charge is -2.32. The Hall–Kier alpha value is -2.36. The van der Waals surface area contributed by atoms with Crippen LogP contribution in [0.25, 0.3) is 0 Å². The molecule has 1 amide bonds. The molecule has 1 saturated carbocycles. The first kappa shape index (κ1) is 17.0. The molecule has 0 aliphatic heterocycles. The molecule has 1 fully saturated rings. The van der Waals surface area contributed by atoms with Gasteiger partial charge in [-0.15, -0.1) is 0 Å². The van der Waals surface area contributed by atoms with Crippen molar-refractivity contribution in [3.05, 3.63) is 32.6 Å². The number of carbonyl (C=O) groups is 1. The molecule has 2 unspecified atom stereocenters. The average Bonchev–Trinajstić information content (AvgIpc) is 2.45. The van der Waals surface area contributed by atoms with Gasteiger partial charge in [-0.3, -0.25) is 19.1 Å². The lowest BCUT2D eigenvalue weighted by molar-refractivity contribution is -0.122. The van der Waals surface area contributed by atoms with Crippen molar-refractivity contribution in [3.8, 4) is 6.07 Å². The summed E-state index contributed by atoms with van der Waals surface area (Å²) in [5.41, 5.74) is -1.45. The lowest BCUT2D eigenvalue weighted by atomic mass is 9.80. The summed E-state index contributed by atoms with van der Waals surface area (Å²) in [6, 6.07) is 1.91. The molecular formula is C16H22N4O3. The van der Waals surface area contributed by atoms with E-state index in [9.17, 15) is 14.4 Å². The van der Waals surface area contributed by atoms with E-state index in [0.29, 0.717) is 11.8 Å². The van der Waals surface area contributed by atoms with Crippen LogP contribution in [0.2, 0.25) is 0 Å². The summed E-state index contributed by atoms with van der Waals surface area (Å²) in [6.07, 6.45) is 4.48. The molecular weight excluding hydrogens is 296 g/mol. The van der Waals surface area contributed by atoms with Crippen molar-refractivity contribution in [2.75, 3.05) is 0 Å². The Kier molecular flexibility index (Phi) is 5.37. The lowest BCUT2D eigenvalue weighted by Crippen LogP contribution is -2.40. The van der Waals surface area contributed by atoms with Crippen LogP contribution >= 0.6 is 0 Å². The van der Waals surface area contributed by atoms with Crippen LogP contribution in [0.1, 0.15) is 45.1 Å². The minimum absolute atomic E-state index is 0.118.